The van der Waals surface area contributed by atoms with E-state index in [-0.39, 0.29) is 29.3 Å². The van der Waals surface area contributed by atoms with Crippen LogP contribution < -0.4 is 0 Å². The highest BCUT2D eigenvalue weighted by Crippen LogP contribution is 2.61. The molecule has 0 aromatic heterocycles. The minimum absolute atomic E-state index is 0.0398. The Bertz CT molecular complexity index is 685. The zero-order valence-electron chi connectivity index (χ0n) is 18.7. The van der Waals surface area contributed by atoms with Crippen LogP contribution in [0.3, 0.4) is 0 Å². The number of aliphatic hydroxyl groups is 1. The molecule has 0 amide bonds. The number of rotatable bonds is 3. The first-order chi connectivity index (χ1) is 14.2. The molecule has 3 saturated heterocycles. The van der Waals surface area contributed by atoms with Crippen molar-refractivity contribution in [3.05, 3.63) is 0 Å². The SMILES string of the molecule is CO[C@]1(C)CCC[C@]2(C)C[C@H]3OC(=O)[C@@H](CN4CCC5(CC4)OCCO5)[C@H]3C[C@@]21O. The molecular weight excluding hydrogens is 386 g/mol. The summed E-state index contributed by atoms with van der Waals surface area (Å²) in [6, 6.07) is 0. The van der Waals surface area contributed by atoms with Crippen LogP contribution in [0.4, 0.5) is 0 Å². The van der Waals surface area contributed by atoms with Crippen molar-refractivity contribution in [3.8, 4) is 0 Å². The minimum atomic E-state index is -0.947. The molecule has 3 aliphatic heterocycles. The zero-order chi connectivity index (χ0) is 21.2. The third kappa shape index (κ3) is 2.99. The van der Waals surface area contributed by atoms with Crippen LogP contribution in [-0.2, 0) is 23.7 Å². The summed E-state index contributed by atoms with van der Waals surface area (Å²) in [6.45, 7) is 7.96. The lowest BCUT2D eigenvalue weighted by atomic mass is 9.49. The first-order valence-corrected chi connectivity index (χ1v) is 11.7. The van der Waals surface area contributed by atoms with Crippen LogP contribution in [-0.4, -0.2) is 79.0 Å². The first-order valence-electron chi connectivity index (χ1n) is 11.7. The first kappa shape index (κ1) is 21.1. The molecule has 1 spiro atoms. The van der Waals surface area contributed by atoms with E-state index in [0.717, 1.165) is 51.6 Å². The van der Waals surface area contributed by atoms with Crippen LogP contribution in [0.2, 0.25) is 0 Å². The Morgan fingerprint density at radius 2 is 1.80 bits per heavy atom. The largest absolute Gasteiger partial charge is 0.462 e. The molecule has 5 aliphatic rings. The van der Waals surface area contributed by atoms with Crippen molar-refractivity contribution < 1.29 is 28.8 Å². The monoisotopic (exact) mass is 423 g/mol. The van der Waals surface area contributed by atoms with Crippen molar-refractivity contribution in [1.29, 1.82) is 0 Å². The second-order valence-electron chi connectivity index (χ2n) is 10.8. The Labute approximate surface area is 179 Å². The maximum Gasteiger partial charge on any atom is 0.310 e. The lowest BCUT2D eigenvalue weighted by Crippen LogP contribution is -2.69. The number of hydrogen-bond donors (Lipinski definition) is 1. The van der Waals surface area contributed by atoms with Crippen molar-refractivity contribution in [2.45, 2.75) is 81.9 Å². The number of esters is 1. The van der Waals surface area contributed by atoms with Crippen LogP contribution in [0.15, 0.2) is 0 Å². The molecular formula is C23H37NO6. The molecule has 0 aromatic carbocycles. The van der Waals surface area contributed by atoms with E-state index in [1.165, 1.54) is 0 Å². The Morgan fingerprint density at radius 3 is 2.47 bits per heavy atom. The summed E-state index contributed by atoms with van der Waals surface area (Å²) in [4.78, 5) is 15.2. The minimum Gasteiger partial charge on any atom is -0.462 e. The number of hydrogen-bond acceptors (Lipinski definition) is 7. The fourth-order valence-electron chi connectivity index (χ4n) is 7.23. The standard InChI is InChI=1S/C23H37NO6/c1-20-5-4-6-21(2,27-3)23(20,26)13-16-17(19(25)30-18(16)14-20)15-24-9-7-22(8-10-24)28-11-12-29-22/h16-18,26H,4-15H2,1-3H3/t16-,17+,18-,20-,21-,23-/m1/s1. The van der Waals surface area contributed by atoms with E-state index < -0.39 is 17.0 Å². The van der Waals surface area contributed by atoms with Gasteiger partial charge in [0.05, 0.1) is 30.3 Å². The summed E-state index contributed by atoms with van der Waals surface area (Å²) in [5.41, 5.74) is -1.82. The zero-order valence-corrected chi connectivity index (χ0v) is 18.7. The molecule has 7 nitrogen and oxygen atoms in total. The number of carbonyl (C=O) groups is 1. The molecule has 0 bridgehead atoms. The van der Waals surface area contributed by atoms with E-state index in [1.54, 1.807) is 7.11 Å². The van der Waals surface area contributed by atoms with Gasteiger partial charge in [-0.3, -0.25) is 4.79 Å². The van der Waals surface area contributed by atoms with Gasteiger partial charge in [0.1, 0.15) is 6.10 Å². The maximum atomic E-state index is 12.9. The van der Waals surface area contributed by atoms with Crippen LogP contribution in [0.25, 0.3) is 0 Å². The van der Waals surface area contributed by atoms with Gasteiger partial charge in [-0.2, -0.15) is 0 Å². The molecule has 30 heavy (non-hydrogen) atoms. The van der Waals surface area contributed by atoms with E-state index in [0.29, 0.717) is 26.2 Å². The van der Waals surface area contributed by atoms with Crippen LogP contribution in [0.5, 0.6) is 0 Å². The van der Waals surface area contributed by atoms with E-state index in [2.05, 4.69) is 11.8 Å². The number of methoxy groups -OCH3 is 1. The smallest absolute Gasteiger partial charge is 0.310 e. The number of likely N-dealkylation sites (tertiary alicyclic amines) is 1. The predicted molar refractivity (Wildman–Crippen MR) is 109 cm³/mol. The highest BCUT2D eigenvalue weighted by atomic mass is 16.7. The van der Waals surface area contributed by atoms with Crippen molar-refractivity contribution in [2.24, 2.45) is 17.3 Å². The molecule has 1 N–H and O–H groups in total. The second kappa shape index (κ2) is 7.14. The van der Waals surface area contributed by atoms with Crippen LogP contribution in [0, 0.1) is 17.3 Å². The van der Waals surface area contributed by atoms with E-state index in [9.17, 15) is 9.90 Å². The number of nitrogens with zero attached hydrogens (tertiary/aromatic N) is 1. The number of ether oxygens (including phenoxy) is 4. The summed E-state index contributed by atoms with van der Waals surface area (Å²) in [5, 5.41) is 12.0. The van der Waals surface area contributed by atoms with Gasteiger partial charge >= 0.3 is 5.97 Å². The quantitative estimate of drug-likeness (QED) is 0.697. The maximum absolute atomic E-state index is 12.9. The third-order valence-electron chi connectivity index (χ3n) is 9.34. The number of fused-ring (bicyclic) bond motifs is 2. The van der Waals surface area contributed by atoms with Crippen molar-refractivity contribution in [1.82, 2.24) is 4.90 Å². The van der Waals surface area contributed by atoms with Gasteiger partial charge in [0.2, 0.25) is 0 Å². The molecule has 6 atom stereocenters. The molecule has 5 rings (SSSR count). The molecule has 0 unspecified atom stereocenters. The summed E-state index contributed by atoms with van der Waals surface area (Å²) in [6.07, 6.45) is 5.70. The Morgan fingerprint density at radius 1 is 1.10 bits per heavy atom. The van der Waals surface area contributed by atoms with Crippen molar-refractivity contribution in [2.75, 3.05) is 40.0 Å². The summed E-state index contributed by atoms with van der Waals surface area (Å²) in [7, 11) is 1.71. The molecule has 2 aliphatic carbocycles. The Balaban J connectivity index is 1.32. The van der Waals surface area contributed by atoms with Crippen molar-refractivity contribution in [3.63, 3.8) is 0 Å². The fourth-order valence-corrected chi connectivity index (χ4v) is 7.23. The molecule has 2 saturated carbocycles. The molecule has 0 radical (unpaired) electrons. The van der Waals surface area contributed by atoms with E-state index in [4.69, 9.17) is 18.9 Å². The second-order valence-corrected chi connectivity index (χ2v) is 10.8. The highest BCUT2D eigenvalue weighted by Gasteiger charge is 2.67. The fraction of sp³-hybridized carbons (Fsp3) is 0.957. The Hall–Kier alpha value is -0.730. The van der Waals surface area contributed by atoms with Gasteiger partial charge < -0.3 is 29.0 Å². The van der Waals surface area contributed by atoms with Gasteiger partial charge in [0, 0.05) is 50.9 Å². The molecule has 0 aromatic rings. The van der Waals surface area contributed by atoms with Gasteiger partial charge in [0.25, 0.3) is 0 Å². The molecule has 3 heterocycles. The van der Waals surface area contributed by atoms with Gasteiger partial charge in [0.15, 0.2) is 5.79 Å². The van der Waals surface area contributed by atoms with E-state index in [1.807, 2.05) is 6.92 Å². The molecule has 170 valence electrons. The van der Waals surface area contributed by atoms with Gasteiger partial charge in [-0.1, -0.05) is 6.92 Å². The summed E-state index contributed by atoms with van der Waals surface area (Å²) in [5.74, 6) is -0.646. The average molecular weight is 424 g/mol. The predicted octanol–water partition coefficient (Wildman–Crippen LogP) is 2.10. The van der Waals surface area contributed by atoms with Gasteiger partial charge in [-0.15, -0.1) is 0 Å². The normalized spacial score (nSPS) is 48.4. The number of piperidine rings is 1. The van der Waals surface area contributed by atoms with Crippen LogP contribution in [0.1, 0.15) is 58.8 Å². The highest BCUT2D eigenvalue weighted by molar-refractivity contribution is 5.75. The lowest BCUT2D eigenvalue weighted by Gasteiger charge is -2.62. The van der Waals surface area contributed by atoms with Crippen LogP contribution >= 0.6 is 0 Å². The number of carbonyl (C=O) groups excluding carboxylic acids is 1. The average Bonchev–Trinajstić information content (AvgIpc) is 3.28. The third-order valence-corrected chi connectivity index (χ3v) is 9.34. The van der Waals surface area contributed by atoms with Crippen molar-refractivity contribution >= 4 is 5.97 Å². The van der Waals surface area contributed by atoms with Gasteiger partial charge in [-0.25, -0.2) is 0 Å². The summed E-state index contributed by atoms with van der Waals surface area (Å²) >= 11 is 0. The topological polar surface area (TPSA) is 77.5 Å². The summed E-state index contributed by atoms with van der Waals surface area (Å²) < 4.78 is 23.5. The van der Waals surface area contributed by atoms with E-state index >= 15 is 0 Å². The Kier molecular flexibility index (Phi) is 5.03. The molecule has 7 heteroatoms. The molecule has 5 fully saturated rings. The van der Waals surface area contributed by atoms with Gasteiger partial charge in [-0.05, 0) is 39.0 Å². The lowest BCUT2D eigenvalue weighted by molar-refractivity contribution is -0.270.